The smallest absolute Gasteiger partial charge is 0.416 e. The third kappa shape index (κ3) is 4.53. The lowest BCUT2D eigenvalue weighted by atomic mass is 9.95. The number of benzene rings is 1. The van der Waals surface area contributed by atoms with Crippen molar-refractivity contribution in [1.82, 2.24) is 15.1 Å². The number of hydrogen-bond acceptors (Lipinski definition) is 4. The molecule has 4 rings (SSSR count). The summed E-state index contributed by atoms with van der Waals surface area (Å²) in [4.78, 5) is 15.4. The SMILES string of the molecule is C[C@H]1[C@@H](c2cc(F)cc(C(F)(F)F)c2)OC(=O)N1CC1(C)NC(N2CC(F)(F)C2)=CC=C1Br. The first-order valence-corrected chi connectivity index (χ1v) is 10.8. The number of hydrogen-bond donors (Lipinski definition) is 1. The number of alkyl halides is 5. The van der Waals surface area contributed by atoms with E-state index in [1.807, 2.05) is 0 Å². The summed E-state index contributed by atoms with van der Waals surface area (Å²) >= 11 is 3.43. The number of likely N-dealkylation sites (tertiary alicyclic amines) is 1. The number of amides is 1. The Bertz CT molecular complexity index is 1040. The second-order valence-corrected chi connectivity index (χ2v) is 9.53. The second kappa shape index (κ2) is 7.85. The summed E-state index contributed by atoms with van der Waals surface area (Å²) < 4.78 is 85.8. The van der Waals surface area contributed by atoms with Gasteiger partial charge in [0.25, 0.3) is 5.92 Å². The van der Waals surface area contributed by atoms with Crippen molar-refractivity contribution >= 4 is 22.0 Å². The number of dihydropyridines is 1. The molecule has 5 nitrogen and oxygen atoms in total. The molecule has 3 aliphatic rings. The van der Waals surface area contributed by atoms with Gasteiger partial charge in [0, 0.05) is 4.48 Å². The van der Waals surface area contributed by atoms with Crippen LogP contribution in [0.4, 0.5) is 31.1 Å². The van der Waals surface area contributed by atoms with E-state index >= 15 is 0 Å². The molecule has 0 spiro atoms. The molecule has 12 heteroatoms. The molecule has 0 saturated carbocycles. The number of cyclic esters (lactones) is 1. The van der Waals surface area contributed by atoms with Gasteiger partial charge in [0.05, 0.1) is 36.8 Å². The number of halogens is 7. The Morgan fingerprint density at radius 3 is 2.48 bits per heavy atom. The highest BCUT2D eigenvalue weighted by molar-refractivity contribution is 9.11. The zero-order chi connectivity index (χ0) is 24.3. The van der Waals surface area contributed by atoms with Crippen molar-refractivity contribution in [2.75, 3.05) is 19.6 Å². The summed E-state index contributed by atoms with van der Waals surface area (Å²) in [6.45, 7) is 2.49. The lowest BCUT2D eigenvalue weighted by molar-refractivity contribution is -0.137. The Kier molecular flexibility index (Phi) is 5.65. The lowest BCUT2D eigenvalue weighted by Gasteiger charge is -2.47. The third-order valence-electron chi connectivity index (χ3n) is 5.96. The molecular formula is C21H20BrF6N3O2. The number of carbonyl (C=O) groups excluding carboxylic acids is 1. The van der Waals surface area contributed by atoms with Gasteiger partial charge in [-0.2, -0.15) is 13.2 Å². The molecule has 1 N–H and O–H groups in total. The normalized spacial score (nSPS) is 29.2. The first kappa shape index (κ1) is 23.8. The van der Waals surface area contributed by atoms with Gasteiger partial charge in [-0.3, -0.25) is 4.90 Å². The van der Waals surface area contributed by atoms with Crippen molar-refractivity contribution in [2.45, 2.75) is 43.6 Å². The van der Waals surface area contributed by atoms with E-state index < -0.39 is 60.3 Å². The minimum atomic E-state index is -4.76. The maximum atomic E-state index is 13.9. The van der Waals surface area contributed by atoms with Crippen LogP contribution >= 0.6 is 15.9 Å². The first-order chi connectivity index (χ1) is 15.2. The van der Waals surface area contributed by atoms with Crippen molar-refractivity contribution in [3.05, 3.63) is 57.6 Å². The van der Waals surface area contributed by atoms with E-state index in [9.17, 15) is 31.1 Å². The minimum Gasteiger partial charge on any atom is -0.439 e. The fourth-order valence-corrected chi connectivity index (χ4v) is 4.50. The van der Waals surface area contributed by atoms with E-state index in [2.05, 4.69) is 21.2 Å². The van der Waals surface area contributed by atoms with Gasteiger partial charge in [0.1, 0.15) is 17.7 Å². The summed E-state index contributed by atoms with van der Waals surface area (Å²) in [5.41, 5.74) is -2.20. The van der Waals surface area contributed by atoms with Crippen molar-refractivity contribution < 1.29 is 35.9 Å². The Labute approximate surface area is 194 Å². The fourth-order valence-electron chi connectivity index (χ4n) is 4.14. The largest absolute Gasteiger partial charge is 0.439 e. The molecule has 1 amide bonds. The summed E-state index contributed by atoms with van der Waals surface area (Å²) in [5, 5.41) is 3.16. The van der Waals surface area contributed by atoms with Gasteiger partial charge in [0.15, 0.2) is 0 Å². The van der Waals surface area contributed by atoms with Gasteiger partial charge in [-0.25, -0.2) is 18.0 Å². The monoisotopic (exact) mass is 539 g/mol. The average molecular weight is 540 g/mol. The Balaban J connectivity index is 1.53. The minimum absolute atomic E-state index is 0.0175. The van der Waals surface area contributed by atoms with Crippen molar-refractivity contribution in [1.29, 1.82) is 0 Å². The van der Waals surface area contributed by atoms with E-state index in [1.165, 1.54) is 9.80 Å². The fraction of sp³-hybridized carbons (Fsp3) is 0.476. The zero-order valence-corrected chi connectivity index (χ0v) is 19.1. The number of carbonyl (C=O) groups is 1. The number of rotatable bonds is 4. The van der Waals surface area contributed by atoms with Crippen LogP contribution in [0.15, 0.2) is 40.7 Å². The van der Waals surface area contributed by atoms with Crippen LogP contribution in [-0.4, -0.2) is 53.0 Å². The molecule has 2 fully saturated rings. The summed E-state index contributed by atoms with van der Waals surface area (Å²) in [5.74, 6) is -3.39. The van der Waals surface area contributed by atoms with Crippen LogP contribution in [0.3, 0.4) is 0 Å². The number of allylic oxidation sites excluding steroid dienone is 2. The summed E-state index contributed by atoms with van der Waals surface area (Å²) in [7, 11) is 0. The van der Waals surface area contributed by atoms with Crippen LogP contribution in [0.1, 0.15) is 31.1 Å². The number of ether oxygens (including phenoxy) is 1. The quantitative estimate of drug-likeness (QED) is 0.537. The maximum absolute atomic E-state index is 13.9. The maximum Gasteiger partial charge on any atom is 0.416 e. The molecule has 1 aromatic carbocycles. The van der Waals surface area contributed by atoms with Gasteiger partial charge in [0.2, 0.25) is 0 Å². The molecule has 3 aliphatic heterocycles. The van der Waals surface area contributed by atoms with Gasteiger partial charge in [-0.05, 0) is 49.8 Å². The van der Waals surface area contributed by atoms with Crippen molar-refractivity contribution in [2.24, 2.45) is 0 Å². The van der Waals surface area contributed by atoms with Crippen molar-refractivity contribution in [3.8, 4) is 0 Å². The van der Waals surface area contributed by atoms with E-state index in [1.54, 1.807) is 26.0 Å². The summed E-state index contributed by atoms with van der Waals surface area (Å²) in [6.07, 6.45) is -3.32. The molecule has 1 aromatic rings. The van der Waals surface area contributed by atoms with Crippen LogP contribution in [0.2, 0.25) is 0 Å². The number of nitrogens with one attached hydrogen (secondary N) is 1. The zero-order valence-electron chi connectivity index (χ0n) is 17.5. The predicted octanol–water partition coefficient (Wildman–Crippen LogP) is 5.16. The van der Waals surface area contributed by atoms with E-state index in [4.69, 9.17) is 4.74 Å². The molecule has 33 heavy (non-hydrogen) atoms. The van der Waals surface area contributed by atoms with Gasteiger partial charge in [-0.15, -0.1) is 0 Å². The molecule has 3 atom stereocenters. The molecule has 0 bridgehead atoms. The molecule has 180 valence electrons. The van der Waals surface area contributed by atoms with Crippen LogP contribution < -0.4 is 5.32 Å². The molecule has 0 aromatic heterocycles. The van der Waals surface area contributed by atoms with Gasteiger partial charge < -0.3 is 15.0 Å². The molecule has 3 heterocycles. The molecule has 0 aliphatic carbocycles. The van der Waals surface area contributed by atoms with E-state index in [0.717, 1.165) is 12.1 Å². The highest BCUT2D eigenvalue weighted by Gasteiger charge is 2.48. The van der Waals surface area contributed by atoms with Crippen molar-refractivity contribution in [3.63, 3.8) is 0 Å². The standard InChI is InChI=1S/C21H20BrF6N3O2/c1-11-17(12-5-13(21(26,27)28)7-14(23)6-12)33-18(32)31(11)8-19(2)15(22)3-4-16(29-19)30-9-20(24,25)10-30/h3-7,11,17,29H,8-10H2,1-2H3/t11-,17-,19?/m0/s1. The number of nitrogens with zero attached hydrogens (tertiary/aromatic N) is 2. The lowest BCUT2D eigenvalue weighted by Crippen LogP contribution is -2.62. The Morgan fingerprint density at radius 1 is 1.21 bits per heavy atom. The topological polar surface area (TPSA) is 44.8 Å². The average Bonchev–Trinajstić information content (AvgIpc) is 2.95. The molecule has 2 saturated heterocycles. The van der Waals surface area contributed by atoms with Gasteiger partial charge in [-0.1, -0.05) is 15.9 Å². The highest BCUT2D eigenvalue weighted by Crippen LogP contribution is 2.40. The van der Waals surface area contributed by atoms with Gasteiger partial charge >= 0.3 is 12.3 Å². The molecule has 1 unspecified atom stereocenters. The second-order valence-electron chi connectivity index (χ2n) is 8.68. The molecular weight excluding hydrogens is 520 g/mol. The predicted molar refractivity (Wildman–Crippen MR) is 110 cm³/mol. The van der Waals surface area contributed by atoms with E-state index in [-0.39, 0.29) is 12.1 Å². The highest BCUT2D eigenvalue weighted by atomic mass is 79.9. The Morgan fingerprint density at radius 2 is 1.88 bits per heavy atom. The Hall–Kier alpha value is -2.37. The van der Waals surface area contributed by atoms with Crippen LogP contribution in [-0.2, 0) is 10.9 Å². The first-order valence-electron chi connectivity index (χ1n) is 10.0. The third-order valence-corrected chi connectivity index (χ3v) is 7.10. The van der Waals surface area contributed by atoms with Crippen LogP contribution in [0, 0.1) is 5.82 Å². The summed E-state index contributed by atoms with van der Waals surface area (Å²) in [6, 6.07) is 1.34. The van der Waals surface area contributed by atoms with Crippen LogP contribution in [0.5, 0.6) is 0 Å². The molecule has 0 radical (unpaired) electrons. The van der Waals surface area contributed by atoms with Crippen LogP contribution in [0.25, 0.3) is 0 Å². The van der Waals surface area contributed by atoms with E-state index in [0.29, 0.717) is 16.4 Å².